The Morgan fingerprint density at radius 1 is 1.23 bits per heavy atom. The third-order valence-corrected chi connectivity index (χ3v) is 9.41. The number of ketones is 1. The summed E-state index contributed by atoms with van der Waals surface area (Å²) in [6, 6.07) is 12.3. The van der Waals surface area contributed by atoms with E-state index in [1.165, 1.54) is 23.5 Å². The molecule has 198 valence electrons. The fourth-order valence-corrected chi connectivity index (χ4v) is 7.32. The first-order valence-electron chi connectivity index (χ1n) is 11.9. The maximum absolute atomic E-state index is 13.2. The van der Waals surface area contributed by atoms with Crippen molar-refractivity contribution in [1.29, 1.82) is 5.26 Å². The third kappa shape index (κ3) is 5.18. The van der Waals surface area contributed by atoms with Crippen LogP contribution in [-0.2, 0) is 9.59 Å². The zero-order chi connectivity index (χ0) is 27.7. The van der Waals surface area contributed by atoms with E-state index in [2.05, 4.69) is 21.6 Å². The first-order valence-corrected chi connectivity index (χ1v) is 14.5. The number of amides is 1. The van der Waals surface area contributed by atoms with Crippen LogP contribution in [0.1, 0.15) is 45.3 Å². The number of carbonyl (C=O) groups is 3. The number of nitrogens with one attached hydrogen (secondary N) is 1. The van der Waals surface area contributed by atoms with Crippen molar-refractivity contribution in [1.82, 2.24) is 10.2 Å². The number of nitrogens with two attached hydrogens (primary N) is 1. The normalized spacial score (nSPS) is 17.2. The minimum atomic E-state index is -1.14. The van der Waals surface area contributed by atoms with E-state index in [-0.39, 0.29) is 28.6 Å². The Morgan fingerprint density at radius 2 is 2.03 bits per heavy atom. The van der Waals surface area contributed by atoms with Gasteiger partial charge in [-0.05, 0) is 44.0 Å². The maximum atomic E-state index is 13.2. The van der Waals surface area contributed by atoms with Crippen LogP contribution in [0.3, 0.4) is 0 Å². The van der Waals surface area contributed by atoms with E-state index in [1.807, 2.05) is 19.1 Å². The van der Waals surface area contributed by atoms with Crippen LogP contribution in [0.15, 0.2) is 63.4 Å². The SMILES string of the molecule is Cc1ccc(C2C(C#N)=C(N)N(c3nnc(SCC(=O)Nc4ccccc4C(=O)O)s3)C3=C2C(=O)CCC3)s1. The summed E-state index contributed by atoms with van der Waals surface area (Å²) in [6.45, 7) is 1.98. The van der Waals surface area contributed by atoms with Gasteiger partial charge in [-0.2, -0.15) is 5.26 Å². The standard InChI is InChI=1S/C26H22N6O4S3/c1-13-9-10-19(38-13)21-15(11-27)23(28)32(17-7-4-8-18(33)22(17)21)25-30-31-26(39-25)37-12-20(34)29-16-6-3-2-5-14(16)24(35)36/h2-3,5-6,9-10,21H,4,7-8,12,28H2,1H3,(H,29,34)(H,35,36). The number of benzene rings is 1. The van der Waals surface area contributed by atoms with E-state index in [1.54, 1.807) is 28.4 Å². The summed E-state index contributed by atoms with van der Waals surface area (Å²) < 4.78 is 0.485. The van der Waals surface area contributed by atoms with Crippen LogP contribution < -0.4 is 16.0 Å². The van der Waals surface area contributed by atoms with Gasteiger partial charge in [0, 0.05) is 27.4 Å². The average Bonchev–Trinajstić information content (AvgIpc) is 3.56. The molecule has 2 aromatic heterocycles. The summed E-state index contributed by atoms with van der Waals surface area (Å²) >= 11 is 3.88. The van der Waals surface area contributed by atoms with Gasteiger partial charge in [0.25, 0.3) is 0 Å². The molecule has 1 atom stereocenters. The van der Waals surface area contributed by atoms with Gasteiger partial charge in [-0.25, -0.2) is 4.79 Å². The molecule has 0 bridgehead atoms. The molecule has 4 N–H and O–H groups in total. The number of carbonyl (C=O) groups excluding carboxylic acids is 2. The van der Waals surface area contributed by atoms with E-state index < -0.39 is 17.8 Å². The van der Waals surface area contributed by atoms with Crippen molar-refractivity contribution in [3.63, 3.8) is 0 Å². The average molecular weight is 579 g/mol. The predicted molar refractivity (Wildman–Crippen MR) is 150 cm³/mol. The van der Waals surface area contributed by atoms with E-state index >= 15 is 0 Å². The Morgan fingerprint density at radius 3 is 2.74 bits per heavy atom. The number of rotatable bonds is 7. The number of Topliss-reactive ketones (excluding diaryl/α,β-unsaturated/α-hetero) is 1. The number of nitriles is 1. The highest BCUT2D eigenvalue weighted by Gasteiger charge is 2.41. The van der Waals surface area contributed by atoms with Gasteiger partial charge < -0.3 is 16.2 Å². The molecule has 39 heavy (non-hydrogen) atoms. The number of allylic oxidation sites excluding steroid dienone is 3. The lowest BCUT2D eigenvalue weighted by Gasteiger charge is -2.37. The summed E-state index contributed by atoms with van der Waals surface area (Å²) in [5.74, 6) is -1.85. The smallest absolute Gasteiger partial charge is 0.337 e. The number of aromatic carboxylic acids is 1. The monoisotopic (exact) mass is 578 g/mol. The molecular weight excluding hydrogens is 557 g/mol. The van der Waals surface area contributed by atoms with Crippen LogP contribution in [0.5, 0.6) is 0 Å². The minimum absolute atomic E-state index is 0.00293. The van der Waals surface area contributed by atoms with Crippen LogP contribution in [0.25, 0.3) is 0 Å². The largest absolute Gasteiger partial charge is 0.478 e. The van der Waals surface area contributed by atoms with Gasteiger partial charge in [-0.3, -0.25) is 14.5 Å². The van der Waals surface area contributed by atoms with Crippen LogP contribution in [0.2, 0.25) is 0 Å². The number of hydrogen-bond donors (Lipinski definition) is 3. The number of anilines is 2. The summed E-state index contributed by atoms with van der Waals surface area (Å²) in [7, 11) is 0. The summed E-state index contributed by atoms with van der Waals surface area (Å²) in [5, 5.41) is 30.9. The predicted octanol–water partition coefficient (Wildman–Crippen LogP) is 4.64. The van der Waals surface area contributed by atoms with E-state index in [0.717, 1.165) is 27.2 Å². The second kappa shape index (κ2) is 11.0. The number of aromatic nitrogens is 2. The van der Waals surface area contributed by atoms with Crippen molar-refractivity contribution < 1.29 is 19.5 Å². The lowest BCUT2D eigenvalue weighted by molar-refractivity contribution is -0.116. The fraction of sp³-hybridized carbons (Fsp3) is 0.231. The van der Waals surface area contributed by atoms with Gasteiger partial charge in [-0.1, -0.05) is 35.2 Å². The molecule has 13 heteroatoms. The Kier molecular flexibility index (Phi) is 7.51. The van der Waals surface area contributed by atoms with Gasteiger partial charge in [0.15, 0.2) is 10.1 Å². The molecule has 3 heterocycles. The van der Waals surface area contributed by atoms with Gasteiger partial charge in [0.1, 0.15) is 5.82 Å². The first kappa shape index (κ1) is 26.6. The second-order valence-electron chi connectivity index (χ2n) is 8.80. The molecule has 0 fully saturated rings. The number of carboxylic acids is 1. The first-order chi connectivity index (χ1) is 18.8. The number of aryl methyl sites for hydroxylation is 1. The highest BCUT2D eigenvalue weighted by molar-refractivity contribution is 8.01. The Balaban J connectivity index is 1.40. The number of hydrogen-bond acceptors (Lipinski definition) is 11. The van der Waals surface area contributed by atoms with Gasteiger partial charge >= 0.3 is 5.97 Å². The Labute approximate surface area is 235 Å². The molecule has 1 aliphatic carbocycles. The minimum Gasteiger partial charge on any atom is -0.478 e. The Hall–Kier alpha value is -3.99. The third-order valence-electron chi connectivity index (χ3n) is 6.30. The number of thioether (sulfide) groups is 1. The van der Waals surface area contributed by atoms with Gasteiger partial charge in [0.05, 0.1) is 34.6 Å². The number of thiophene rings is 1. The molecule has 0 saturated carbocycles. The molecule has 1 aromatic carbocycles. The van der Waals surface area contributed by atoms with Crippen molar-refractivity contribution in [2.45, 2.75) is 36.4 Å². The van der Waals surface area contributed by atoms with Crippen LogP contribution in [0, 0.1) is 18.3 Å². The van der Waals surface area contributed by atoms with Crippen LogP contribution in [0.4, 0.5) is 10.8 Å². The van der Waals surface area contributed by atoms with Crippen molar-refractivity contribution in [3.8, 4) is 6.07 Å². The summed E-state index contributed by atoms with van der Waals surface area (Å²) in [5.41, 5.74) is 8.38. The molecule has 10 nitrogen and oxygen atoms in total. The lowest BCUT2D eigenvalue weighted by atomic mass is 9.78. The number of para-hydroxylation sites is 1. The molecule has 0 radical (unpaired) electrons. The van der Waals surface area contributed by atoms with Crippen LogP contribution >= 0.6 is 34.4 Å². The summed E-state index contributed by atoms with van der Waals surface area (Å²) in [4.78, 5) is 40.7. The molecular formula is C26H22N6O4S3. The van der Waals surface area contributed by atoms with E-state index in [0.29, 0.717) is 39.9 Å². The molecule has 1 unspecified atom stereocenters. The van der Waals surface area contributed by atoms with E-state index in [4.69, 9.17) is 5.73 Å². The lowest BCUT2D eigenvalue weighted by Crippen LogP contribution is -2.38. The molecule has 2 aliphatic rings. The zero-order valence-electron chi connectivity index (χ0n) is 20.6. The highest BCUT2D eigenvalue weighted by atomic mass is 32.2. The van der Waals surface area contributed by atoms with Crippen molar-refractivity contribution in [2.75, 3.05) is 16.0 Å². The quantitative estimate of drug-likeness (QED) is 0.337. The topological polar surface area (TPSA) is 162 Å². The number of carboxylic acid groups (broad SMARTS) is 1. The highest BCUT2D eigenvalue weighted by Crippen LogP contribution is 2.48. The maximum Gasteiger partial charge on any atom is 0.337 e. The van der Waals surface area contributed by atoms with Crippen molar-refractivity contribution >= 4 is 62.9 Å². The molecule has 1 amide bonds. The fourth-order valence-electron chi connectivity index (χ4n) is 4.64. The van der Waals surface area contributed by atoms with Crippen LogP contribution in [-0.4, -0.2) is 38.7 Å². The zero-order valence-corrected chi connectivity index (χ0v) is 23.1. The molecule has 3 aromatic rings. The van der Waals surface area contributed by atoms with Gasteiger partial charge in [0.2, 0.25) is 11.0 Å². The second-order valence-corrected chi connectivity index (χ2v) is 12.3. The van der Waals surface area contributed by atoms with Gasteiger partial charge in [-0.15, -0.1) is 21.5 Å². The molecule has 1 aliphatic heterocycles. The Bertz CT molecular complexity index is 1600. The van der Waals surface area contributed by atoms with Crippen molar-refractivity contribution in [2.24, 2.45) is 5.73 Å². The number of nitrogens with zero attached hydrogens (tertiary/aromatic N) is 4. The molecule has 0 saturated heterocycles. The molecule has 0 spiro atoms. The van der Waals surface area contributed by atoms with Crippen molar-refractivity contribution in [3.05, 3.63) is 74.4 Å². The van der Waals surface area contributed by atoms with E-state index in [9.17, 15) is 24.8 Å². The summed E-state index contributed by atoms with van der Waals surface area (Å²) in [6.07, 6.45) is 1.68. The molecule has 5 rings (SSSR count).